The number of carbonyl (C=O) groups excluding carboxylic acids is 1. The van der Waals surface area contributed by atoms with Gasteiger partial charge < -0.3 is 9.13 Å². The van der Waals surface area contributed by atoms with Gasteiger partial charge >= 0.3 is 0 Å². The van der Waals surface area contributed by atoms with E-state index >= 15 is 0 Å². The lowest BCUT2D eigenvalue weighted by atomic mass is 10.2. The van der Waals surface area contributed by atoms with Crippen molar-refractivity contribution in [3.8, 4) is 0 Å². The number of rotatable bonds is 3. The van der Waals surface area contributed by atoms with E-state index in [-0.39, 0.29) is 0 Å². The average molecular weight is 241 g/mol. The van der Waals surface area contributed by atoms with Crippen molar-refractivity contribution in [2.45, 2.75) is 6.54 Å². The molecule has 0 N–H and O–H groups in total. The van der Waals surface area contributed by atoms with Crippen molar-refractivity contribution in [2.75, 3.05) is 0 Å². The zero-order valence-electron chi connectivity index (χ0n) is 9.82. The van der Waals surface area contributed by atoms with Gasteiger partial charge in [-0.15, -0.1) is 10.2 Å². The fourth-order valence-electron chi connectivity index (χ4n) is 1.97. The van der Waals surface area contributed by atoms with E-state index in [0.717, 1.165) is 23.1 Å². The first kappa shape index (κ1) is 10.6. The predicted molar refractivity (Wildman–Crippen MR) is 65.2 cm³/mol. The Balaban J connectivity index is 2.12. The van der Waals surface area contributed by atoms with Gasteiger partial charge in [0.2, 0.25) is 0 Å². The smallest absolute Gasteiger partial charge is 0.152 e. The highest BCUT2D eigenvalue weighted by Gasteiger charge is 2.10. The maximum Gasteiger partial charge on any atom is 0.152 e. The fourth-order valence-corrected chi connectivity index (χ4v) is 1.97. The molecule has 0 atom stereocenters. The zero-order chi connectivity index (χ0) is 12.5. The van der Waals surface area contributed by atoms with Crippen LogP contribution in [0.1, 0.15) is 16.2 Å². The van der Waals surface area contributed by atoms with E-state index in [0.29, 0.717) is 12.1 Å². The molecule has 0 aliphatic carbocycles. The van der Waals surface area contributed by atoms with Gasteiger partial charge in [0, 0.05) is 30.4 Å². The van der Waals surface area contributed by atoms with Crippen LogP contribution in [0.25, 0.3) is 11.0 Å². The van der Waals surface area contributed by atoms with Crippen molar-refractivity contribution in [2.24, 2.45) is 7.05 Å². The molecule has 0 aromatic carbocycles. The molecular formula is C12H11N5O. The number of nitrogens with zero attached hydrogens (tertiary/aromatic N) is 5. The molecule has 0 bridgehead atoms. The molecule has 6 heteroatoms. The molecular weight excluding hydrogens is 230 g/mol. The van der Waals surface area contributed by atoms with Crippen LogP contribution in [0.4, 0.5) is 0 Å². The van der Waals surface area contributed by atoms with Crippen LogP contribution < -0.4 is 0 Å². The van der Waals surface area contributed by atoms with E-state index < -0.39 is 0 Å². The van der Waals surface area contributed by atoms with Crippen molar-refractivity contribution in [1.82, 2.24) is 24.3 Å². The van der Waals surface area contributed by atoms with E-state index in [1.54, 1.807) is 18.7 Å². The second-order valence-corrected chi connectivity index (χ2v) is 4.06. The summed E-state index contributed by atoms with van der Waals surface area (Å²) in [6.45, 7) is 0.540. The highest BCUT2D eigenvalue weighted by Crippen LogP contribution is 2.18. The molecule has 3 heterocycles. The molecule has 0 saturated heterocycles. The summed E-state index contributed by atoms with van der Waals surface area (Å²) in [6.07, 6.45) is 6.00. The first-order valence-electron chi connectivity index (χ1n) is 5.51. The molecule has 0 fully saturated rings. The normalized spacial score (nSPS) is 10.9. The number of aromatic nitrogens is 5. The summed E-state index contributed by atoms with van der Waals surface area (Å²) in [4.78, 5) is 15.3. The van der Waals surface area contributed by atoms with Crippen LogP contribution in [-0.4, -0.2) is 30.6 Å². The summed E-state index contributed by atoms with van der Waals surface area (Å²) in [7, 11) is 1.88. The van der Waals surface area contributed by atoms with Gasteiger partial charge in [-0.3, -0.25) is 4.79 Å². The highest BCUT2D eigenvalue weighted by atomic mass is 16.1. The second-order valence-electron chi connectivity index (χ2n) is 4.06. The minimum Gasteiger partial charge on any atom is -0.324 e. The molecule has 0 radical (unpaired) electrons. The van der Waals surface area contributed by atoms with E-state index in [1.165, 1.54) is 0 Å². The standard InChI is InChI=1S/C12H11N5O/c1-16-8-14-15-11(16)6-17-5-9(7-18)10-3-2-4-13-12(10)17/h2-5,7-8H,6H2,1H3. The summed E-state index contributed by atoms with van der Waals surface area (Å²) < 4.78 is 3.75. The van der Waals surface area contributed by atoms with Crippen molar-refractivity contribution in [1.29, 1.82) is 0 Å². The monoisotopic (exact) mass is 241 g/mol. The molecule has 0 aliphatic rings. The van der Waals surface area contributed by atoms with E-state index in [4.69, 9.17) is 0 Å². The molecule has 18 heavy (non-hydrogen) atoms. The first-order chi connectivity index (χ1) is 8.79. The molecule has 0 saturated carbocycles. The Kier molecular flexibility index (Phi) is 2.40. The van der Waals surface area contributed by atoms with E-state index in [9.17, 15) is 4.79 Å². The third kappa shape index (κ3) is 1.58. The topological polar surface area (TPSA) is 65.6 Å². The predicted octanol–water partition coefficient (Wildman–Crippen LogP) is 1.03. The Bertz CT molecular complexity index is 712. The Morgan fingerprint density at radius 3 is 3.06 bits per heavy atom. The Hall–Kier alpha value is -2.50. The number of pyridine rings is 1. The molecule has 6 nitrogen and oxygen atoms in total. The molecule has 0 amide bonds. The Morgan fingerprint density at radius 1 is 1.44 bits per heavy atom. The summed E-state index contributed by atoms with van der Waals surface area (Å²) in [5.74, 6) is 0.815. The van der Waals surface area contributed by atoms with Gasteiger partial charge in [-0.2, -0.15) is 0 Å². The molecule has 3 aromatic heterocycles. The maximum atomic E-state index is 11.0. The summed E-state index contributed by atoms with van der Waals surface area (Å²) in [6, 6.07) is 3.71. The Morgan fingerprint density at radius 2 is 2.33 bits per heavy atom. The third-order valence-electron chi connectivity index (χ3n) is 2.91. The van der Waals surface area contributed by atoms with Crippen LogP contribution in [0, 0.1) is 0 Å². The number of hydrogen-bond acceptors (Lipinski definition) is 4. The first-order valence-corrected chi connectivity index (χ1v) is 5.51. The number of aryl methyl sites for hydroxylation is 1. The molecule has 90 valence electrons. The lowest BCUT2D eigenvalue weighted by molar-refractivity contribution is 0.112. The van der Waals surface area contributed by atoms with Crippen LogP contribution in [0.3, 0.4) is 0 Å². The number of fused-ring (bicyclic) bond motifs is 1. The van der Waals surface area contributed by atoms with Crippen LogP contribution in [0.5, 0.6) is 0 Å². The van der Waals surface area contributed by atoms with Crippen molar-refractivity contribution in [3.05, 3.63) is 42.2 Å². The van der Waals surface area contributed by atoms with Crippen molar-refractivity contribution in [3.63, 3.8) is 0 Å². The number of carbonyl (C=O) groups is 1. The van der Waals surface area contributed by atoms with Gasteiger partial charge in [0.25, 0.3) is 0 Å². The van der Waals surface area contributed by atoms with Crippen molar-refractivity contribution >= 4 is 17.3 Å². The molecule has 0 aliphatic heterocycles. The summed E-state index contributed by atoms with van der Waals surface area (Å²) in [5.41, 5.74) is 1.42. The molecule has 3 aromatic rings. The average Bonchev–Trinajstić information content (AvgIpc) is 2.95. The van der Waals surface area contributed by atoms with Crippen LogP contribution >= 0.6 is 0 Å². The zero-order valence-corrected chi connectivity index (χ0v) is 9.82. The second kappa shape index (κ2) is 4.06. The van der Waals surface area contributed by atoms with Gasteiger partial charge in [0.15, 0.2) is 12.1 Å². The van der Waals surface area contributed by atoms with Gasteiger partial charge in [-0.25, -0.2) is 4.98 Å². The molecule has 0 spiro atoms. The third-order valence-corrected chi connectivity index (χ3v) is 2.91. The SMILES string of the molecule is Cn1cnnc1Cn1cc(C=O)c2cccnc21. The largest absolute Gasteiger partial charge is 0.324 e. The minimum absolute atomic E-state index is 0.540. The molecule has 0 unspecified atom stereocenters. The lowest BCUT2D eigenvalue weighted by Crippen LogP contribution is -2.05. The van der Waals surface area contributed by atoms with Gasteiger partial charge in [-0.05, 0) is 12.1 Å². The lowest BCUT2D eigenvalue weighted by Gasteiger charge is -2.03. The fraction of sp³-hybridized carbons (Fsp3) is 0.167. The highest BCUT2D eigenvalue weighted by molar-refractivity contribution is 5.95. The van der Waals surface area contributed by atoms with E-state index in [1.807, 2.05) is 28.3 Å². The van der Waals surface area contributed by atoms with Gasteiger partial charge in [-0.1, -0.05) is 0 Å². The number of hydrogen-bond donors (Lipinski definition) is 0. The number of aldehydes is 1. The quantitative estimate of drug-likeness (QED) is 0.642. The molecule has 3 rings (SSSR count). The van der Waals surface area contributed by atoms with Gasteiger partial charge in [0.1, 0.15) is 12.0 Å². The van der Waals surface area contributed by atoms with Crippen LogP contribution in [-0.2, 0) is 13.6 Å². The maximum absolute atomic E-state index is 11.0. The minimum atomic E-state index is 0.540. The Labute approximate surface area is 103 Å². The van der Waals surface area contributed by atoms with E-state index in [2.05, 4.69) is 15.2 Å². The van der Waals surface area contributed by atoms with Crippen LogP contribution in [0.15, 0.2) is 30.9 Å². The van der Waals surface area contributed by atoms with Gasteiger partial charge in [0.05, 0.1) is 6.54 Å². The van der Waals surface area contributed by atoms with Crippen LogP contribution in [0.2, 0.25) is 0 Å². The summed E-state index contributed by atoms with van der Waals surface area (Å²) >= 11 is 0. The van der Waals surface area contributed by atoms with Crippen molar-refractivity contribution < 1.29 is 4.79 Å². The summed E-state index contributed by atoms with van der Waals surface area (Å²) in [5, 5.41) is 8.72.